The van der Waals surface area contributed by atoms with Crippen molar-refractivity contribution in [2.24, 2.45) is 0 Å². The van der Waals surface area contributed by atoms with Gasteiger partial charge in [-0.25, -0.2) is 9.29 Å². The van der Waals surface area contributed by atoms with E-state index in [0.29, 0.717) is 4.90 Å². The maximum absolute atomic E-state index is 15.6. The van der Waals surface area contributed by atoms with Gasteiger partial charge in [0.2, 0.25) is 11.8 Å². The lowest BCUT2D eigenvalue weighted by molar-refractivity contribution is -0.310. The number of imide groups is 1. The van der Waals surface area contributed by atoms with Crippen molar-refractivity contribution in [1.82, 2.24) is 15.1 Å². The lowest BCUT2D eigenvalue weighted by atomic mass is 10.0. The van der Waals surface area contributed by atoms with Gasteiger partial charge in [0.15, 0.2) is 0 Å². The van der Waals surface area contributed by atoms with Crippen LogP contribution in [0.2, 0.25) is 0 Å². The van der Waals surface area contributed by atoms with Crippen LogP contribution in [0.15, 0.2) is 36.4 Å². The van der Waals surface area contributed by atoms with Crippen LogP contribution in [0.4, 0.5) is 4.39 Å². The predicted octanol–water partition coefficient (Wildman–Crippen LogP) is -2.22. The van der Waals surface area contributed by atoms with Crippen molar-refractivity contribution in [2.45, 2.75) is 36.7 Å². The number of carbonyl (C=O) groups excluding carboxylic acids is 3. The molecule has 7 N–H and O–H groups in total. The number of ether oxygens (including phenoxy) is 2. The molecular weight excluding hydrogens is 537 g/mol. The fourth-order valence-corrected chi connectivity index (χ4v) is 5.12. The van der Waals surface area contributed by atoms with E-state index in [1.807, 2.05) is 5.32 Å². The van der Waals surface area contributed by atoms with Crippen LogP contribution in [-0.2, 0) is 32.1 Å². The molecule has 1 unspecified atom stereocenters. The minimum absolute atomic E-state index is 0.0412. The van der Waals surface area contributed by atoms with E-state index in [1.54, 1.807) is 0 Å². The summed E-state index contributed by atoms with van der Waals surface area (Å²) in [6, 6.07) is 5.00. The first-order valence-corrected chi connectivity index (χ1v) is 12.2. The Balaban J connectivity index is 1.49. The zero-order chi connectivity index (χ0) is 29.0. The summed E-state index contributed by atoms with van der Waals surface area (Å²) in [5.41, 5.74) is -2.72. The number of amides is 3. The molecule has 3 heterocycles. The summed E-state index contributed by atoms with van der Waals surface area (Å²) >= 11 is 0. The number of nitrogens with one attached hydrogen (secondary N) is 1. The van der Waals surface area contributed by atoms with E-state index in [1.165, 1.54) is 12.1 Å². The largest absolute Gasteiger partial charge is 0.435 e. The topological polar surface area (TPSA) is 210 Å². The van der Waals surface area contributed by atoms with Crippen LogP contribution in [0.5, 0.6) is 5.75 Å². The Morgan fingerprint density at radius 2 is 1.65 bits per heavy atom. The summed E-state index contributed by atoms with van der Waals surface area (Å²) in [6.45, 7) is 0.378. The fraction of sp³-hybridized carbons (Fsp3) is 0.400. The molecule has 15 heteroatoms. The molecular formula is C25H26FN3O11. The first-order chi connectivity index (χ1) is 18.8. The van der Waals surface area contributed by atoms with Crippen LogP contribution in [0.1, 0.15) is 39.9 Å². The van der Waals surface area contributed by atoms with E-state index < -0.39 is 69.8 Å². The smallest absolute Gasteiger partial charge is 0.354 e. The van der Waals surface area contributed by atoms with Crippen LogP contribution < -0.4 is 10.1 Å². The van der Waals surface area contributed by atoms with Gasteiger partial charge < -0.3 is 40.1 Å². The third-order valence-corrected chi connectivity index (χ3v) is 7.08. The Hall–Kier alpha value is -3.54. The van der Waals surface area contributed by atoms with Gasteiger partial charge >= 0.3 is 5.97 Å². The van der Waals surface area contributed by atoms with Gasteiger partial charge in [0.25, 0.3) is 17.7 Å². The quantitative estimate of drug-likeness (QED) is 0.147. The molecule has 0 bridgehead atoms. The van der Waals surface area contributed by atoms with Crippen LogP contribution in [0, 0.1) is 5.82 Å². The van der Waals surface area contributed by atoms with Gasteiger partial charge in [0.1, 0.15) is 17.6 Å². The van der Waals surface area contributed by atoms with Crippen LogP contribution in [0.3, 0.4) is 0 Å². The average Bonchev–Trinajstić information content (AvgIpc) is 3.10. The molecule has 0 aromatic heterocycles. The third kappa shape index (κ3) is 4.51. The number of piperidine rings is 1. The molecule has 2 aromatic carbocycles. The van der Waals surface area contributed by atoms with Crippen molar-refractivity contribution in [3.63, 3.8) is 0 Å². The molecule has 0 spiro atoms. The van der Waals surface area contributed by atoms with Crippen LogP contribution in [-0.4, -0.2) is 90.5 Å². The maximum Gasteiger partial charge on any atom is 0.354 e. The molecule has 14 nitrogen and oxygen atoms in total. The highest BCUT2D eigenvalue weighted by Gasteiger charge is 2.55. The van der Waals surface area contributed by atoms with E-state index in [-0.39, 0.29) is 44.7 Å². The Morgan fingerprint density at radius 3 is 2.33 bits per heavy atom. The Labute approximate surface area is 225 Å². The molecule has 5 rings (SSSR count). The second-order valence-corrected chi connectivity index (χ2v) is 9.57. The summed E-state index contributed by atoms with van der Waals surface area (Å²) < 4.78 is 25.9. The van der Waals surface area contributed by atoms with Gasteiger partial charge in [0.05, 0.1) is 35.5 Å². The number of nitrogens with zero attached hydrogens (tertiary/aromatic N) is 2. The minimum Gasteiger partial charge on any atom is -0.435 e. The zero-order valence-electron chi connectivity index (χ0n) is 20.8. The molecule has 214 valence electrons. The molecule has 0 radical (unpaired) electrons. The number of rotatable bonds is 6. The van der Waals surface area contributed by atoms with Gasteiger partial charge in [-0.05, 0) is 30.7 Å². The zero-order valence-corrected chi connectivity index (χ0v) is 20.8. The first kappa shape index (κ1) is 28.0. The van der Waals surface area contributed by atoms with Crippen molar-refractivity contribution in [2.75, 3.05) is 26.3 Å². The molecule has 2 aromatic rings. The van der Waals surface area contributed by atoms with Crippen molar-refractivity contribution < 1.29 is 58.9 Å². The van der Waals surface area contributed by atoms with E-state index in [2.05, 4.69) is 0 Å². The van der Waals surface area contributed by atoms with Crippen molar-refractivity contribution in [1.29, 1.82) is 0 Å². The second-order valence-electron chi connectivity index (χ2n) is 9.57. The van der Waals surface area contributed by atoms with Crippen molar-refractivity contribution >= 4 is 17.7 Å². The number of aliphatic hydroxyl groups is 6. The normalized spacial score (nSPS) is 21.8. The second kappa shape index (κ2) is 9.83. The standard InChI is InChI=1S/C25H26FN3O11/c26-20-14(23(33,34)28-9-11-39-12-10-28)4-2-5-15(20)25(37,38)40-17-6-1-3-13-19(17)24(35,36)29(22(13)32)16-7-8-18(30)27-21(16)31/h1-6,16,33-38H,7-12H2,(H,27,30,31). The monoisotopic (exact) mass is 563 g/mol. The molecule has 0 saturated carbocycles. The minimum atomic E-state index is -3.53. The molecule has 2 saturated heterocycles. The molecule has 3 amide bonds. The molecule has 2 fully saturated rings. The highest BCUT2D eigenvalue weighted by Crippen LogP contribution is 2.44. The van der Waals surface area contributed by atoms with Crippen molar-refractivity contribution in [3.05, 3.63) is 64.5 Å². The predicted molar refractivity (Wildman–Crippen MR) is 127 cm³/mol. The van der Waals surface area contributed by atoms with Crippen LogP contribution >= 0.6 is 0 Å². The van der Waals surface area contributed by atoms with E-state index in [4.69, 9.17) is 9.47 Å². The van der Waals surface area contributed by atoms with Gasteiger partial charge in [-0.2, -0.15) is 0 Å². The Morgan fingerprint density at radius 1 is 1.00 bits per heavy atom. The summed E-state index contributed by atoms with van der Waals surface area (Å²) in [4.78, 5) is 38.6. The van der Waals surface area contributed by atoms with Gasteiger partial charge in [-0.3, -0.25) is 24.6 Å². The summed E-state index contributed by atoms with van der Waals surface area (Å²) in [5.74, 6) is -14.3. The van der Waals surface area contributed by atoms with Gasteiger partial charge in [-0.15, -0.1) is 0 Å². The van der Waals surface area contributed by atoms with E-state index >= 15 is 4.39 Å². The number of hydrogen-bond donors (Lipinski definition) is 7. The Kier molecular flexibility index (Phi) is 6.88. The lowest BCUT2D eigenvalue weighted by Crippen LogP contribution is -2.58. The number of morpholine rings is 1. The van der Waals surface area contributed by atoms with E-state index in [9.17, 15) is 45.0 Å². The average molecular weight is 563 g/mol. The third-order valence-electron chi connectivity index (χ3n) is 7.08. The van der Waals surface area contributed by atoms with Gasteiger partial charge in [-0.1, -0.05) is 12.1 Å². The van der Waals surface area contributed by atoms with E-state index in [0.717, 1.165) is 29.2 Å². The van der Waals surface area contributed by atoms with Gasteiger partial charge in [0, 0.05) is 19.5 Å². The Bertz CT molecular complexity index is 1370. The molecule has 40 heavy (non-hydrogen) atoms. The maximum atomic E-state index is 15.6. The number of benzene rings is 2. The molecule has 3 aliphatic rings. The molecule has 0 aliphatic carbocycles. The SMILES string of the molecule is O=C1CCC(N2C(=O)c3cccc(OC(O)(O)c4cccc(C(O)(O)N5CCOCC5)c4F)c3C2(O)O)C(=O)N1. The molecule has 1 atom stereocenters. The number of carbonyl (C=O) groups is 3. The number of hydrogen-bond acceptors (Lipinski definition) is 12. The fourth-order valence-electron chi connectivity index (χ4n) is 5.12. The molecule has 3 aliphatic heterocycles. The highest BCUT2D eigenvalue weighted by atomic mass is 19.1. The summed E-state index contributed by atoms with van der Waals surface area (Å²) in [6.07, 6.45) is -0.387. The first-order valence-electron chi connectivity index (χ1n) is 12.2. The van der Waals surface area contributed by atoms with Crippen molar-refractivity contribution in [3.8, 4) is 5.75 Å². The number of halogens is 1. The van der Waals surface area contributed by atoms with Crippen LogP contribution in [0.25, 0.3) is 0 Å². The lowest BCUT2D eigenvalue weighted by Gasteiger charge is -2.38. The number of fused-ring (bicyclic) bond motifs is 1. The summed E-state index contributed by atoms with van der Waals surface area (Å²) in [5, 5.41) is 67.1. The highest BCUT2D eigenvalue weighted by molar-refractivity contribution is 6.06. The summed E-state index contributed by atoms with van der Waals surface area (Å²) in [7, 11) is 0.